The summed E-state index contributed by atoms with van der Waals surface area (Å²) in [6.07, 6.45) is 5.48. The van der Waals surface area contributed by atoms with E-state index in [1.165, 1.54) is 45.3 Å². The first-order valence-corrected chi connectivity index (χ1v) is 5.42. The van der Waals surface area contributed by atoms with Gasteiger partial charge in [-0.2, -0.15) is 0 Å². The molecule has 0 N–H and O–H groups in total. The van der Waals surface area contributed by atoms with Gasteiger partial charge in [-0.1, -0.05) is 27.2 Å². The largest absolute Gasteiger partial charge is 0.303 e. The summed E-state index contributed by atoms with van der Waals surface area (Å²) < 4.78 is 0. The summed E-state index contributed by atoms with van der Waals surface area (Å²) in [5.41, 5.74) is 0.657. The molecule has 0 radical (unpaired) electrons. The maximum absolute atomic E-state index is 2.61. The maximum atomic E-state index is 2.61. The van der Waals surface area contributed by atoms with Crippen LogP contribution in [-0.2, 0) is 0 Å². The van der Waals surface area contributed by atoms with Crippen molar-refractivity contribution in [3.05, 3.63) is 0 Å². The average Bonchev–Trinajstić information content (AvgIpc) is 2.10. The third-order valence-corrected chi connectivity index (χ3v) is 3.46. The Morgan fingerprint density at radius 1 is 1.17 bits per heavy atom. The molecule has 0 atom stereocenters. The molecule has 72 valence electrons. The van der Waals surface area contributed by atoms with Crippen molar-refractivity contribution in [1.82, 2.24) is 4.90 Å². The molecule has 12 heavy (non-hydrogen) atoms. The topological polar surface area (TPSA) is 3.24 Å². The number of piperidine rings is 1. The smallest absolute Gasteiger partial charge is 0.00135 e. The molecular weight excluding hydrogens is 146 g/mol. The zero-order valence-corrected chi connectivity index (χ0v) is 8.90. The highest BCUT2D eigenvalue weighted by atomic mass is 15.1. The van der Waals surface area contributed by atoms with Crippen molar-refractivity contribution >= 4 is 0 Å². The molecule has 0 bridgehead atoms. The fourth-order valence-corrected chi connectivity index (χ4v) is 1.99. The lowest BCUT2D eigenvalue weighted by molar-refractivity contribution is 0.115. The molecular formula is C11H23N. The molecule has 0 unspecified atom stereocenters. The normalized spacial score (nSPS) is 24.2. The Bertz CT molecular complexity index is 123. The SMILES string of the molecule is CCCN1CCC(C)(CC)CC1. The monoisotopic (exact) mass is 169 g/mol. The van der Waals surface area contributed by atoms with Gasteiger partial charge in [0.15, 0.2) is 0 Å². The third-order valence-electron chi connectivity index (χ3n) is 3.46. The highest BCUT2D eigenvalue weighted by Gasteiger charge is 2.27. The van der Waals surface area contributed by atoms with Crippen molar-refractivity contribution in [2.45, 2.75) is 46.5 Å². The van der Waals surface area contributed by atoms with Gasteiger partial charge in [0.1, 0.15) is 0 Å². The van der Waals surface area contributed by atoms with Crippen LogP contribution in [0.3, 0.4) is 0 Å². The van der Waals surface area contributed by atoms with Gasteiger partial charge >= 0.3 is 0 Å². The van der Waals surface area contributed by atoms with Crippen molar-refractivity contribution in [3.63, 3.8) is 0 Å². The number of rotatable bonds is 3. The molecule has 0 spiro atoms. The number of hydrogen-bond donors (Lipinski definition) is 0. The van der Waals surface area contributed by atoms with Crippen LogP contribution >= 0.6 is 0 Å². The van der Waals surface area contributed by atoms with Crippen molar-refractivity contribution < 1.29 is 0 Å². The van der Waals surface area contributed by atoms with E-state index < -0.39 is 0 Å². The summed E-state index contributed by atoms with van der Waals surface area (Å²) >= 11 is 0. The number of nitrogens with zero attached hydrogens (tertiary/aromatic N) is 1. The summed E-state index contributed by atoms with van der Waals surface area (Å²) in [5, 5.41) is 0. The molecule has 1 fully saturated rings. The number of likely N-dealkylation sites (tertiary alicyclic amines) is 1. The minimum absolute atomic E-state index is 0.657. The van der Waals surface area contributed by atoms with Gasteiger partial charge in [-0.05, 0) is 44.3 Å². The third kappa shape index (κ3) is 2.48. The Morgan fingerprint density at radius 2 is 1.75 bits per heavy atom. The minimum atomic E-state index is 0.657. The van der Waals surface area contributed by atoms with Crippen molar-refractivity contribution in [2.75, 3.05) is 19.6 Å². The van der Waals surface area contributed by atoms with Crippen molar-refractivity contribution in [2.24, 2.45) is 5.41 Å². The minimum Gasteiger partial charge on any atom is -0.303 e. The fourth-order valence-electron chi connectivity index (χ4n) is 1.99. The molecule has 1 saturated heterocycles. The Morgan fingerprint density at radius 3 is 2.17 bits per heavy atom. The highest BCUT2D eigenvalue weighted by molar-refractivity contribution is 4.80. The molecule has 0 saturated carbocycles. The molecule has 1 heterocycles. The molecule has 0 aromatic heterocycles. The van der Waals surface area contributed by atoms with Crippen LogP contribution in [0.25, 0.3) is 0 Å². The van der Waals surface area contributed by atoms with Crippen LogP contribution in [0.4, 0.5) is 0 Å². The Balaban J connectivity index is 2.29. The van der Waals surface area contributed by atoms with E-state index in [9.17, 15) is 0 Å². The van der Waals surface area contributed by atoms with Gasteiger partial charge < -0.3 is 4.90 Å². The summed E-state index contributed by atoms with van der Waals surface area (Å²) in [6.45, 7) is 11.0. The predicted molar refractivity (Wildman–Crippen MR) is 54.4 cm³/mol. The summed E-state index contributed by atoms with van der Waals surface area (Å²) in [6, 6.07) is 0. The second-order valence-electron chi connectivity index (χ2n) is 4.51. The highest BCUT2D eigenvalue weighted by Crippen LogP contribution is 2.33. The van der Waals surface area contributed by atoms with E-state index in [0.29, 0.717) is 5.41 Å². The standard InChI is InChI=1S/C11H23N/c1-4-8-12-9-6-11(3,5-2)7-10-12/h4-10H2,1-3H3. The molecule has 1 aliphatic rings. The lowest BCUT2D eigenvalue weighted by atomic mass is 9.78. The van der Waals surface area contributed by atoms with E-state index in [-0.39, 0.29) is 0 Å². The van der Waals surface area contributed by atoms with E-state index in [4.69, 9.17) is 0 Å². The van der Waals surface area contributed by atoms with Crippen molar-refractivity contribution in [3.8, 4) is 0 Å². The molecule has 0 aliphatic carbocycles. The molecule has 0 aromatic rings. The molecule has 0 aromatic carbocycles. The van der Waals surface area contributed by atoms with Gasteiger partial charge in [0.2, 0.25) is 0 Å². The molecule has 1 rings (SSSR count). The first-order valence-electron chi connectivity index (χ1n) is 5.42. The van der Waals surface area contributed by atoms with E-state index in [0.717, 1.165) is 0 Å². The van der Waals surface area contributed by atoms with E-state index >= 15 is 0 Å². The maximum Gasteiger partial charge on any atom is -0.00135 e. The van der Waals surface area contributed by atoms with Crippen LogP contribution < -0.4 is 0 Å². The van der Waals surface area contributed by atoms with Crippen LogP contribution in [0.15, 0.2) is 0 Å². The lowest BCUT2D eigenvalue weighted by Crippen LogP contribution is -2.38. The zero-order chi connectivity index (χ0) is 9.03. The summed E-state index contributed by atoms with van der Waals surface area (Å²) in [5.74, 6) is 0. The summed E-state index contributed by atoms with van der Waals surface area (Å²) in [4.78, 5) is 2.61. The van der Waals surface area contributed by atoms with E-state index in [1.807, 2.05) is 0 Å². The quantitative estimate of drug-likeness (QED) is 0.628. The Kier molecular flexibility index (Phi) is 3.57. The molecule has 0 amide bonds. The summed E-state index contributed by atoms with van der Waals surface area (Å²) in [7, 11) is 0. The van der Waals surface area contributed by atoms with Crippen LogP contribution in [-0.4, -0.2) is 24.5 Å². The van der Waals surface area contributed by atoms with Crippen LogP contribution in [0, 0.1) is 5.41 Å². The number of hydrogen-bond acceptors (Lipinski definition) is 1. The van der Waals surface area contributed by atoms with E-state index in [2.05, 4.69) is 25.7 Å². The van der Waals surface area contributed by atoms with Crippen LogP contribution in [0.1, 0.15) is 46.5 Å². The molecule has 1 heteroatoms. The first kappa shape index (κ1) is 10.0. The zero-order valence-electron chi connectivity index (χ0n) is 8.90. The van der Waals surface area contributed by atoms with Gasteiger partial charge in [0.25, 0.3) is 0 Å². The van der Waals surface area contributed by atoms with Gasteiger partial charge in [-0.25, -0.2) is 0 Å². The Labute approximate surface area is 77.1 Å². The molecule has 1 nitrogen and oxygen atoms in total. The fraction of sp³-hybridized carbons (Fsp3) is 1.00. The van der Waals surface area contributed by atoms with Gasteiger partial charge in [0, 0.05) is 0 Å². The van der Waals surface area contributed by atoms with Gasteiger partial charge in [-0.15, -0.1) is 0 Å². The Hall–Kier alpha value is -0.0400. The van der Waals surface area contributed by atoms with E-state index in [1.54, 1.807) is 0 Å². The second-order valence-corrected chi connectivity index (χ2v) is 4.51. The lowest BCUT2D eigenvalue weighted by Gasteiger charge is -2.38. The van der Waals surface area contributed by atoms with Crippen molar-refractivity contribution in [1.29, 1.82) is 0 Å². The van der Waals surface area contributed by atoms with Gasteiger partial charge in [0.05, 0.1) is 0 Å². The average molecular weight is 169 g/mol. The predicted octanol–water partition coefficient (Wildman–Crippen LogP) is 2.91. The first-order chi connectivity index (χ1) is 5.70. The van der Waals surface area contributed by atoms with Crippen LogP contribution in [0.5, 0.6) is 0 Å². The molecule has 1 aliphatic heterocycles. The van der Waals surface area contributed by atoms with Crippen LogP contribution in [0.2, 0.25) is 0 Å². The second kappa shape index (κ2) is 4.27. The van der Waals surface area contributed by atoms with Gasteiger partial charge in [-0.3, -0.25) is 0 Å².